The first-order valence-electron chi connectivity index (χ1n) is 8.41. The van der Waals surface area contributed by atoms with Crippen molar-refractivity contribution in [1.82, 2.24) is 9.97 Å². The molecular formula is C20H19FN4O2. The number of hydrogen-bond donors (Lipinski definition) is 3. The first-order valence-corrected chi connectivity index (χ1v) is 8.41. The average molecular weight is 366 g/mol. The summed E-state index contributed by atoms with van der Waals surface area (Å²) < 4.78 is 14.1. The Balaban J connectivity index is 1.85. The van der Waals surface area contributed by atoms with Crippen LogP contribution in [0.25, 0.3) is 11.3 Å². The first kappa shape index (κ1) is 18.3. The highest BCUT2D eigenvalue weighted by atomic mass is 19.1. The molecule has 1 heterocycles. The Labute approximate surface area is 156 Å². The maximum absolute atomic E-state index is 14.1. The zero-order valence-corrected chi connectivity index (χ0v) is 14.9. The summed E-state index contributed by atoms with van der Waals surface area (Å²) in [6.07, 6.45) is 3.06. The highest BCUT2D eigenvalue weighted by Gasteiger charge is 2.09. The van der Waals surface area contributed by atoms with Gasteiger partial charge >= 0.3 is 5.97 Å². The Kier molecular flexibility index (Phi) is 5.30. The molecular weight excluding hydrogens is 347 g/mol. The molecule has 0 atom stereocenters. The van der Waals surface area contributed by atoms with Crippen LogP contribution in [0, 0.1) is 5.82 Å². The minimum Gasteiger partial charge on any atom is -0.478 e. The van der Waals surface area contributed by atoms with E-state index in [0.29, 0.717) is 17.1 Å². The molecule has 0 saturated carbocycles. The second-order valence-electron chi connectivity index (χ2n) is 6.29. The molecule has 27 heavy (non-hydrogen) atoms. The lowest BCUT2D eigenvalue weighted by atomic mass is 10.1. The van der Waals surface area contributed by atoms with Crippen molar-refractivity contribution in [3.63, 3.8) is 0 Å². The monoisotopic (exact) mass is 366 g/mol. The van der Waals surface area contributed by atoms with Gasteiger partial charge in [0, 0.05) is 17.3 Å². The number of aromatic nitrogens is 2. The second-order valence-corrected chi connectivity index (χ2v) is 6.29. The van der Waals surface area contributed by atoms with E-state index in [-0.39, 0.29) is 17.3 Å². The van der Waals surface area contributed by atoms with Crippen LogP contribution in [0.15, 0.2) is 54.9 Å². The summed E-state index contributed by atoms with van der Waals surface area (Å²) in [6, 6.07) is 11.3. The zero-order valence-electron chi connectivity index (χ0n) is 14.9. The lowest BCUT2D eigenvalue weighted by molar-refractivity contribution is 0.0697. The Hall–Kier alpha value is -3.48. The fourth-order valence-corrected chi connectivity index (χ4v) is 2.53. The van der Waals surface area contributed by atoms with E-state index < -0.39 is 11.8 Å². The smallest absolute Gasteiger partial charge is 0.335 e. The van der Waals surface area contributed by atoms with Gasteiger partial charge in [-0.2, -0.15) is 0 Å². The Morgan fingerprint density at radius 3 is 2.52 bits per heavy atom. The fourth-order valence-electron chi connectivity index (χ4n) is 2.53. The number of halogens is 1. The third-order valence-corrected chi connectivity index (χ3v) is 3.75. The van der Waals surface area contributed by atoms with E-state index >= 15 is 0 Å². The second kappa shape index (κ2) is 7.82. The Morgan fingerprint density at radius 2 is 1.85 bits per heavy atom. The molecule has 3 N–H and O–H groups in total. The van der Waals surface area contributed by atoms with Crippen LogP contribution >= 0.6 is 0 Å². The normalized spacial score (nSPS) is 10.7. The summed E-state index contributed by atoms with van der Waals surface area (Å²) in [4.78, 5) is 19.5. The quantitative estimate of drug-likeness (QED) is 0.593. The number of anilines is 3. The van der Waals surface area contributed by atoms with E-state index in [4.69, 9.17) is 5.11 Å². The van der Waals surface area contributed by atoms with Gasteiger partial charge in [-0.1, -0.05) is 12.1 Å². The number of rotatable bonds is 6. The van der Waals surface area contributed by atoms with Gasteiger partial charge in [0.15, 0.2) is 0 Å². The molecule has 0 bridgehead atoms. The van der Waals surface area contributed by atoms with Crippen LogP contribution < -0.4 is 10.6 Å². The van der Waals surface area contributed by atoms with Crippen LogP contribution in [-0.4, -0.2) is 27.1 Å². The van der Waals surface area contributed by atoms with Gasteiger partial charge in [0.1, 0.15) is 11.6 Å². The van der Waals surface area contributed by atoms with E-state index in [1.807, 2.05) is 13.8 Å². The molecule has 6 nitrogen and oxygen atoms in total. The van der Waals surface area contributed by atoms with Crippen molar-refractivity contribution < 1.29 is 14.3 Å². The highest BCUT2D eigenvalue weighted by Crippen LogP contribution is 2.25. The molecule has 7 heteroatoms. The Bertz CT molecular complexity index is 958. The Morgan fingerprint density at radius 1 is 1.11 bits per heavy atom. The maximum atomic E-state index is 14.1. The molecule has 1 aromatic heterocycles. The predicted molar refractivity (Wildman–Crippen MR) is 103 cm³/mol. The van der Waals surface area contributed by atoms with E-state index in [9.17, 15) is 9.18 Å². The number of nitrogens with one attached hydrogen (secondary N) is 2. The van der Waals surface area contributed by atoms with Gasteiger partial charge in [-0.3, -0.25) is 4.98 Å². The maximum Gasteiger partial charge on any atom is 0.335 e. The molecule has 3 aromatic rings. The van der Waals surface area contributed by atoms with Crippen molar-refractivity contribution in [2.45, 2.75) is 19.9 Å². The van der Waals surface area contributed by atoms with Crippen LogP contribution in [0.5, 0.6) is 0 Å². The number of carboxylic acids is 1. The predicted octanol–water partition coefficient (Wildman–Crippen LogP) is 4.54. The van der Waals surface area contributed by atoms with Gasteiger partial charge in [-0.15, -0.1) is 0 Å². The molecule has 0 spiro atoms. The minimum absolute atomic E-state index is 0.192. The number of benzene rings is 2. The molecule has 0 aliphatic carbocycles. The molecule has 3 rings (SSSR count). The fraction of sp³-hybridized carbons (Fsp3) is 0.150. The third-order valence-electron chi connectivity index (χ3n) is 3.75. The number of carboxylic acid groups (broad SMARTS) is 1. The highest BCUT2D eigenvalue weighted by molar-refractivity contribution is 5.88. The molecule has 0 aliphatic heterocycles. The summed E-state index contributed by atoms with van der Waals surface area (Å²) >= 11 is 0. The van der Waals surface area contributed by atoms with Gasteiger partial charge in [0.2, 0.25) is 0 Å². The summed E-state index contributed by atoms with van der Waals surface area (Å²) in [7, 11) is 0. The summed E-state index contributed by atoms with van der Waals surface area (Å²) in [5.41, 5.74) is 2.54. The van der Waals surface area contributed by atoms with Crippen molar-refractivity contribution >= 4 is 23.2 Å². The lowest BCUT2D eigenvalue weighted by Gasteiger charge is -2.13. The van der Waals surface area contributed by atoms with Crippen molar-refractivity contribution in [3.05, 3.63) is 66.2 Å². The molecule has 0 amide bonds. The SMILES string of the molecule is CC(C)Nc1ccc(F)c(Nc2cncc(-c3ccc(C(=O)O)cc3)n2)c1. The average Bonchev–Trinajstić information content (AvgIpc) is 2.64. The molecule has 0 unspecified atom stereocenters. The van der Waals surface area contributed by atoms with Gasteiger partial charge in [0.25, 0.3) is 0 Å². The van der Waals surface area contributed by atoms with Gasteiger partial charge in [-0.05, 0) is 44.2 Å². The molecule has 0 fully saturated rings. The molecule has 2 aromatic carbocycles. The summed E-state index contributed by atoms with van der Waals surface area (Å²) in [5, 5.41) is 15.1. The number of hydrogen-bond acceptors (Lipinski definition) is 5. The van der Waals surface area contributed by atoms with Crippen molar-refractivity contribution in [1.29, 1.82) is 0 Å². The van der Waals surface area contributed by atoms with Crippen LogP contribution in [0.1, 0.15) is 24.2 Å². The molecule has 0 saturated heterocycles. The third kappa shape index (κ3) is 4.58. The van der Waals surface area contributed by atoms with Gasteiger partial charge in [0.05, 0.1) is 29.3 Å². The zero-order chi connectivity index (χ0) is 19.4. The lowest BCUT2D eigenvalue weighted by Crippen LogP contribution is -2.10. The molecule has 0 aliphatic rings. The van der Waals surface area contributed by atoms with Crippen molar-refractivity contribution in [2.75, 3.05) is 10.6 Å². The largest absolute Gasteiger partial charge is 0.478 e. The van der Waals surface area contributed by atoms with Gasteiger partial charge < -0.3 is 15.7 Å². The standard InChI is InChI=1S/C20H19FN4O2/c1-12(2)23-15-7-8-16(21)17(9-15)24-19-11-22-10-18(25-19)13-3-5-14(6-4-13)20(26)27/h3-12,23H,1-2H3,(H,24,25)(H,26,27). The van der Waals surface area contributed by atoms with Crippen LogP contribution in [0.3, 0.4) is 0 Å². The first-order chi connectivity index (χ1) is 12.9. The van der Waals surface area contributed by atoms with Crippen molar-refractivity contribution in [2.24, 2.45) is 0 Å². The summed E-state index contributed by atoms with van der Waals surface area (Å²) in [6.45, 7) is 4.00. The minimum atomic E-state index is -0.992. The van der Waals surface area contributed by atoms with E-state index in [1.165, 1.54) is 24.4 Å². The van der Waals surface area contributed by atoms with E-state index in [1.54, 1.807) is 30.5 Å². The number of nitrogens with zero attached hydrogens (tertiary/aromatic N) is 2. The molecule has 138 valence electrons. The van der Waals surface area contributed by atoms with E-state index in [2.05, 4.69) is 20.6 Å². The van der Waals surface area contributed by atoms with Gasteiger partial charge in [-0.25, -0.2) is 14.2 Å². The van der Waals surface area contributed by atoms with Crippen molar-refractivity contribution in [3.8, 4) is 11.3 Å². The number of carbonyl (C=O) groups is 1. The van der Waals surface area contributed by atoms with Crippen LogP contribution in [0.4, 0.5) is 21.6 Å². The summed E-state index contributed by atoms with van der Waals surface area (Å²) in [5.74, 6) is -1.01. The molecule has 0 radical (unpaired) electrons. The van der Waals surface area contributed by atoms with Crippen LogP contribution in [0.2, 0.25) is 0 Å². The van der Waals surface area contributed by atoms with E-state index in [0.717, 1.165) is 5.69 Å². The van der Waals surface area contributed by atoms with Crippen LogP contribution in [-0.2, 0) is 0 Å². The number of aromatic carboxylic acids is 1. The topological polar surface area (TPSA) is 87.1 Å².